The molecule has 2 aromatic rings. The van der Waals surface area contributed by atoms with E-state index in [9.17, 15) is 4.79 Å². The van der Waals surface area contributed by atoms with Crippen molar-refractivity contribution in [2.24, 2.45) is 0 Å². The molecule has 0 saturated carbocycles. The van der Waals surface area contributed by atoms with E-state index >= 15 is 0 Å². The molecule has 0 aliphatic heterocycles. The molecule has 0 spiro atoms. The topological polar surface area (TPSA) is 38.3 Å². The zero-order valence-corrected chi connectivity index (χ0v) is 14.5. The van der Waals surface area contributed by atoms with E-state index in [0.29, 0.717) is 6.54 Å². The first-order valence-electron chi connectivity index (χ1n) is 8.74. The zero-order chi connectivity index (χ0) is 16.9. The fraction of sp³-hybridized carbons (Fsp3) is 0.381. The number of hydrogen-bond donors (Lipinski definition) is 1. The van der Waals surface area contributed by atoms with Gasteiger partial charge in [0.15, 0.2) is 6.10 Å². The van der Waals surface area contributed by atoms with Gasteiger partial charge in [0.2, 0.25) is 0 Å². The number of benzene rings is 2. The minimum Gasteiger partial charge on any atom is -0.481 e. The van der Waals surface area contributed by atoms with Gasteiger partial charge in [-0.25, -0.2) is 0 Å². The summed E-state index contributed by atoms with van der Waals surface area (Å²) in [5.74, 6) is 0.786. The Balaban J connectivity index is 1.59. The fourth-order valence-corrected chi connectivity index (χ4v) is 3.14. The molecule has 0 radical (unpaired) electrons. The molecule has 0 fully saturated rings. The minimum absolute atomic E-state index is 0.0796. The molecule has 1 amide bonds. The largest absolute Gasteiger partial charge is 0.481 e. The quantitative estimate of drug-likeness (QED) is 0.904. The lowest BCUT2D eigenvalue weighted by Crippen LogP contribution is -2.36. The zero-order valence-electron chi connectivity index (χ0n) is 14.5. The number of hydrogen-bond acceptors (Lipinski definition) is 2. The Morgan fingerprint density at radius 2 is 1.88 bits per heavy atom. The molecule has 3 nitrogen and oxygen atoms in total. The van der Waals surface area contributed by atoms with Gasteiger partial charge in [0.05, 0.1) is 0 Å². The van der Waals surface area contributed by atoms with Crippen molar-refractivity contribution >= 4 is 5.91 Å². The van der Waals surface area contributed by atoms with Crippen LogP contribution in [0.15, 0.2) is 42.5 Å². The highest BCUT2D eigenvalue weighted by atomic mass is 16.5. The van der Waals surface area contributed by atoms with E-state index < -0.39 is 6.10 Å². The predicted octanol–water partition coefficient (Wildman–Crippen LogP) is 3.96. The molecule has 1 aliphatic carbocycles. The second-order valence-corrected chi connectivity index (χ2v) is 6.56. The summed E-state index contributed by atoms with van der Waals surface area (Å²) in [5.41, 5.74) is 4.96. The van der Waals surface area contributed by atoms with E-state index in [0.717, 1.165) is 24.2 Å². The van der Waals surface area contributed by atoms with Crippen molar-refractivity contribution in [3.63, 3.8) is 0 Å². The van der Waals surface area contributed by atoms with Gasteiger partial charge in [-0.1, -0.05) is 42.0 Å². The first-order valence-corrected chi connectivity index (χ1v) is 8.74. The van der Waals surface area contributed by atoms with Gasteiger partial charge < -0.3 is 10.1 Å². The van der Waals surface area contributed by atoms with E-state index in [1.807, 2.05) is 31.2 Å². The third kappa shape index (κ3) is 3.97. The Morgan fingerprint density at radius 3 is 2.67 bits per heavy atom. The highest BCUT2D eigenvalue weighted by Crippen LogP contribution is 2.30. The molecule has 0 bridgehead atoms. The van der Waals surface area contributed by atoms with Crippen molar-refractivity contribution in [3.8, 4) is 5.75 Å². The monoisotopic (exact) mass is 323 g/mol. The maximum absolute atomic E-state index is 12.3. The average molecular weight is 323 g/mol. The van der Waals surface area contributed by atoms with E-state index in [-0.39, 0.29) is 5.91 Å². The van der Waals surface area contributed by atoms with Crippen molar-refractivity contribution in [2.45, 2.75) is 52.2 Å². The first-order chi connectivity index (χ1) is 11.6. The standard InChI is InChI=1S/C21H25NO2/c1-15-10-12-17(13-11-15)14-22-21(23)16(2)24-20-9-5-7-18-6-3-4-8-19(18)20/h5,7,9-13,16H,3-4,6,8,14H2,1-2H3,(H,22,23)/t16-/m0/s1. The molecular weight excluding hydrogens is 298 g/mol. The molecule has 24 heavy (non-hydrogen) atoms. The van der Waals surface area contributed by atoms with Gasteiger partial charge in [-0.15, -0.1) is 0 Å². The summed E-state index contributed by atoms with van der Waals surface area (Å²) in [6, 6.07) is 14.4. The van der Waals surface area contributed by atoms with Gasteiger partial charge in [-0.2, -0.15) is 0 Å². The second kappa shape index (κ2) is 7.52. The van der Waals surface area contributed by atoms with Gasteiger partial charge in [-0.05, 0) is 62.3 Å². The third-order valence-corrected chi connectivity index (χ3v) is 4.61. The molecule has 2 aromatic carbocycles. The average Bonchev–Trinajstić information content (AvgIpc) is 2.61. The van der Waals surface area contributed by atoms with Gasteiger partial charge in [0.25, 0.3) is 5.91 Å². The summed E-state index contributed by atoms with van der Waals surface area (Å²) < 4.78 is 5.97. The van der Waals surface area contributed by atoms with Crippen LogP contribution in [0.25, 0.3) is 0 Å². The van der Waals surface area contributed by atoms with E-state index in [1.165, 1.54) is 29.5 Å². The number of rotatable bonds is 5. The van der Waals surface area contributed by atoms with Crippen LogP contribution in [-0.4, -0.2) is 12.0 Å². The van der Waals surface area contributed by atoms with Crippen molar-refractivity contribution < 1.29 is 9.53 Å². The number of carbonyl (C=O) groups is 1. The van der Waals surface area contributed by atoms with Crippen molar-refractivity contribution in [2.75, 3.05) is 0 Å². The summed E-state index contributed by atoms with van der Waals surface area (Å²) in [6.45, 7) is 4.39. The summed E-state index contributed by atoms with van der Waals surface area (Å²) >= 11 is 0. The van der Waals surface area contributed by atoms with E-state index in [4.69, 9.17) is 4.74 Å². The molecule has 1 aliphatic rings. The highest BCUT2D eigenvalue weighted by molar-refractivity contribution is 5.80. The van der Waals surface area contributed by atoms with Crippen LogP contribution in [0.5, 0.6) is 5.75 Å². The number of fused-ring (bicyclic) bond motifs is 1. The summed E-state index contributed by atoms with van der Waals surface area (Å²) in [4.78, 5) is 12.3. The van der Waals surface area contributed by atoms with Crippen LogP contribution < -0.4 is 10.1 Å². The Kier molecular flexibility index (Phi) is 5.19. The van der Waals surface area contributed by atoms with E-state index in [2.05, 4.69) is 30.4 Å². The molecule has 0 saturated heterocycles. The maximum atomic E-state index is 12.3. The lowest BCUT2D eigenvalue weighted by molar-refractivity contribution is -0.127. The molecule has 126 valence electrons. The van der Waals surface area contributed by atoms with Gasteiger partial charge in [0, 0.05) is 6.54 Å². The number of ether oxygens (including phenoxy) is 1. The Hall–Kier alpha value is -2.29. The predicted molar refractivity (Wildman–Crippen MR) is 96.2 cm³/mol. The minimum atomic E-state index is -0.496. The molecule has 1 atom stereocenters. The van der Waals surface area contributed by atoms with Crippen LogP contribution in [0.4, 0.5) is 0 Å². The summed E-state index contributed by atoms with van der Waals surface area (Å²) in [6.07, 6.45) is 4.10. The Morgan fingerprint density at radius 1 is 1.12 bits per heavy atom. The van der Waals surface area contributed by atoms with Crippen molar-refractivity contribution in [1.29, 1.82) is 0 Å². The number of aryl methyl sites for hydroxylation is 2. The maximum Gasteiger partial charge on any atom is 0.261 e. The van der Waals surface area contributed by atoms with Crippen LogP contribution in [-0.2, 0) is 24.2 Å². The summed E-state index contributed by atoms with van der Waals surface area (Å²) in [7, 11) is 0. The molecule has 3 heteroatoms. The third-order valence-electron chi connectivity index (χ3n) is 4.61. The van der Waals surface area contributed by atoms with E-state index in [1.54, 1.807) is 0 Å². The van der Waals surface area contributed by atoms with Crippen LogP contribution in [0.1, 0.15) is 42.0 Å². The lowest BCUT2D eigenvalue weighted by Gasteiger charge is -2.22. The normalized spacial score (nSPS) is 14.6. The van der Waals surface area contributed by atoms with Crippen LogP contribution >= 0.6 is 0 Å². The van der Waals surface area contributed by atoms with Crippen LogP contribution in [0.2, 0.25) is 0 Å². The van der Waals surface area contributed by atoms with Crippen LogP contribution in [0.3, 0.4) is 0 Å². The Labute approximate surface area is 144 Å². The van der Waals surface area contributed by atoms with Gasteiger partial charge >= 0.3 is 0 Å². The molecule has 0 aromatic heterocycles. The SMILES string of the molecule is Cc1ccc(CNC(=O)[C@H](C)Oc2cccc3c2CCCC3)cc1. The smallest absolute Gasteiger partial charge is 0.261 e. The molecule has 3 rings (SSSR count). The van der Waals surface area contributed by atoms with Gasteiger partial charge in [0.1, 0.15) is 5.75 Å². The summed E-state index contributed by atoms with van der Waals surface area (Å²) in [5, 5.41) is 2.95. The number of amides is 1. The Bertz CT molecular complexity index is 706. The molecule has 0 heterocycles. The van der Waals surface area contributed by atoms with Crippen molar-refractivity contribution in [3.05, 3.63) is 64.7 Å². The van der Waals surface area contributed by atoms with Gasteiger partial charge in [-0.3, -0.25) is 4.79 Å². The first kappa shape index (κ1) is 16.6. The lowest BCUT2D eigenvalue weighted by atomic mass is 9.91. The van der Waals surface area contributed by atoms with Crippen molar-refractivity contribution in [1.82, 2.24) is 5.32 Å². The highest BCUT2D eigenvalue weighted by Gasteiger charge is 2.19. The molecule has 0 unspecified atom stereocenters. The second-order valence-electron chi connectivity index (χ2n) is 6.56. The molecular formula is C21H25NO2. The fourth-order valence-electron chi connectivity index (χ4n) is 3.14. The number of carbonyl (C=O) groups excluding carboxylic acids is 1. The number of nitrogens with one attached hydrogen (secondary N) is 1. The molecule has 1 N–H and O–H groups in total. The van der Waals surface area contributed by atoms with Crippen LogP contribution in [0, 0.1) is 6.92 Å².